The van der Waals surface area contributed by atoms with Crippen molar-refractivity contribution >= 4 is 23.2 Å². The van der Waals surface area contributed by atoms with Crippen LogP contribution in [-0.2, 0) is 9.59 Å². The Morgan fingerprint density at radius 2 is 2.19 bits per heavy atom. The number of aliphatic hydroxyl groups is 1. The molecule has 1 atom stereocenters. The topological polar surface area (TPSA) is 81.7 Å². The molecule has 3 N–H and O–H groups in total. The molecule has 21 heavy (non-hydrogen) atoms. The van der Waals surface area contributed by atoms with E-state index in [2.05, 4.69) is 10.6 Å². The Morgan fingerprint density at radius 3 is 2.81 bits per heavy atom. The summed E-state index contributed by atoms with van der Waals surface area (Å²) in [6, 6.07) is 2.58. The molecule has 1 aromatic carbocycles. The number of carbonyl (C=O) groups excluding carboxylic acids is 2. The van der Waals surface area contributed by atoms with Crippen molar-refractivity contribution < 1.29 is 19.1 Å². The first-order valence-corrected chi connectivity index (χ1v) is 6.81. The van der Waals surface area contributed by atoms with Crippen LogP contribution in [0.3, 0.4) is 0 Å². The van der Waals surface area contributed by atoms with E-state index >= 15 is 0 Å². The van der Waals surface area contributed by atoms with Gasteiger partial charge in [0, 0.05) is 24.3 Å². The van der Waals surface area contributed by atoms with E-state index in [0.717, 1.165) is 6.07 Å². The van der Waals surface area contributed by atoms with Crippen LogP contribution >= 0.6 is 0 Å². The summed E-state index contributed by atoms with van der Waals surface area (Å²) in [5.74, 6) is -1.35. The first kappa shape index (κ1) is 15.2. The highest BCUT2D eigenvalue weighted by molar-refractivity contribution is 6.02. The molecule has 0 radical (unpaired) electrons. The number of nitrogens with zero attached hydrogens (tertiary/aromatic N) is 1. The molecular formula is C14H18FN3O3. The Bertz CT molecular complexity index is 577. The number of amides is 2. The van der Waals surface area contributed by atoms with Gasteiger partial charge in [0.2, 0.25) is 5.91 Å². The number of fused-ring (bicyclic) bond motifs is 1. The van der Waals surface area contributed by atoms with Crippen LogP contribution in [0.2, 0.25) is 0 Å². The molecule has 2 amide bonds. The van der Waals surface area contributed by atoms with E-state index in [1.54, 1.807) is 18.7 Å². The van der Waals surface area contributed by atoms with Crippen molar-refractivity contribution in [3.8, 4) is 0 Å². The Morgan fingerprint density at radius 1 is 1.48 bits per heavy atom. The third-order valence-electron chi connectivity index (χ3n) is 3.35. The standard InChI is InChI=1S/C14H18FN3O3/c1-3-16-12(19)7-18(4-2)11-6-10-8(5-9(11)15)13(20)14(21)17-10/h5-6,13,20H,3-4,7H2,1-2H3,(H,16,19)(H,17,21). The van der Waals surface area contributed by atoms with Crippen molar-refractivity contribution in [1.29, 1.82) is 0 Å². The van der Waals surface area contributed by atoms with Gasteiger partial charge in [-0.1, -0.05) is 0 Å². The van der Waals surface area contributed by atoms with Gasteiger partial charge in [-0.25, -0.2) is 4.39 Å². The Balaban J connectivity index is 2.29. The Kier molecular flexibility index (Phi) is 4.42. The molecule has 1 aromatic rings. The van der Waals surface area contributed by atoms with Crippen molar-refractivity contribution in [2.24, 2.45) is 0 Å². The van der Waals surface area contributed by atoms with Gasteiger partial charge in [-0.3, -0.25) is 9.59 Å². The third kappa shape index (κ3) is 2.97. The summed E-state index contributed by atoms with van der Waals surface area (Å²) in [7, 11) is 0. The quantitative estimate of drug-likeness (QED) is 0.749. The SMILES string of the molecule is CCNC(=O)CN(CC)c1cc2c(cc1F)C(O)C(=O)N2. The van der Waals surface area contributed by atoms with Crippen LogP contribution in [-0.4, -0.2) is 36.6 Å². The number of nitrogens with one attached hydrogen (secondary N) is 2. The maximum absolute atomic E-state index is 14.2. The third-order valence-corrected chi connectivity index (χ3v) is 3.35. The molecule has 0 fully saturated rings. The summed E-state index contributed by atoms with van der Waals surface area (Å²) in [5.41, 5.74) is 0.811. The lowest BCUT2D eigenvalue weighted by atomic mass is 10.1. The lowest BCUT2D eigenvalue weighted by Gasteiger charge is -2.23. The van der Waals surface area contributed by atoms with E-state index < -0.39 is 17.8 Å². The number of rotatable bonds is 5. The number of likely N-dealkylation sites (N-methyl/N-ethyl adjacent to an activating group) is 2. The summed E-state index contributed by atoms with van der Waals surface area (Å²) < 4.78 is 14.2. The largest absolute Gasteiger partial charge is 0.378 e. The number of benzene rings is 1. The molecule has 0 bridgehead atoms. The maximum Gasteiger partial charge on any atom is 0.257 e. The van der Waals surface area contributed by atoms with Crippen LogP contribution in [0.5, 0.6) is 0 Å². The second kappa shape index (κ2) is 6.09. The molecule has 1 aliphatic rings. The van der Waals surface area contributed by atoms with Gasteiger partial charge in [0.1, 0.15) is 5.82 Å². The van der Waals surface area contributed by atoms with Crippen molar-refractivity contribution in [3.63, 3.8) is 0 Å². The summed E-state index contributed by atoms with van der Waals surface area (Å²) >= 11 is 0. The van der Waals surface area contributed by atoms with Gasteiger partial charge in [0.15, 0.2) is 6.10 Å². The van der Waals surface area contributed by atoms with Crippen LogP contribution < -0.4 is 15.5 Å². The van der Waals surface area contributed by atoms with Gasteiger partial charge in [0.25, 0.3) is 5.91 Å². The average molecular weight is 295 g/mol. The first-order valence-electron chi connectivity index (χ1n) is 6.81. The first-order chi connectivity index (χ1) is 9.97. The second-order valence-electron chi connectivity index (χ2n) is 4.75. The zero-order valence-corrected chi connectivity index (χ0v) is 11.9. The molecule has 114 valence electrons. The normalized spacial score (nSPS) is 16.4. The highest BCUT2D eigenvalue weighted by Crippen LogP contribution is 2.35. The van der Waals surface area contributed by atoms with Crippen molar-refractivity contribution in [1.82, 2.24) is 5.32 Å². The molecule has 2 rings (SSSR count). The molecule has 0 aliphatic carbocycles. The maximum atomic E-state index is 14.2. The van der Waals surface area contributed by atoms with E-state index in [1.165, 1.54) is 6.07 Å². The van der Waals surface area contributed by atoms with Crippen LogP contribution in [0.15, 0.2) is 12.1 Å². The predicted octanol–water partition coefficient (Wildman–Crippen LogP) is 0.774. The fraction of sp³-hybridized carbons (Fsp3) is 0.429. The highest BCUT2D eigenvalue weighted by atomic mass is 19.1. The van der Waals surface area contributed by atoms with Gasteiger partial charge in [-0.15, -0.1) is 0 Å². The molecule has 6 nitrogen and oxygen atoms in total. The van der Waals surface area contributed by atoms with E-state index in [9.17, 15) is 19.1 Å². The summed E-state index contributed by atoms with van der Waals surface area (Å²) in [4.78, 5) is 24.6. The van der Waals surface area contributed by atoms with E-state index in [4.69, 9.17) is 0 Å². The fourth-order valence-electron chi connectivity index (χ4n) is 2.29. The van der Waals surface area contributed by atoms with E-state index in [1.807, 2.05) is 0 Å². The minimum atomic E-state index is -1.35. The fourth-order valence-corrected chi connectivity index (χ4v) is 2.29. The number of hydrogen-bond donors (Lipinski definition) is 3. The molecule has 0 saturated heterocycles. The zero-order valence-electron chi connectivity index (χ0n) is 11.9. The molecule has 0 aromatic heterocycles. The number of anilines is 2. The second-order valence-corrected chi connectivity index (χ2v) is 4.75. The Hall–Kier alpha value is -2.15. The average Bonchev–Trinajstić information content (AvgIpc) is 2.71. The van der Waals surface area contributed by atoms with Gasteiger partial charge in [-0.2, -0.15) is 0 Å². The van der Waals surface area contributed by atoms with Gasteiger partial charge in [-0.05, 0) is 26.0 Å². The smallest absolute Gasteiger partial charge is 0.257 e. The lowest BCUT2D eigenvalue weighted by molar-refractivity contribution is -0.123. The molecule has 7 heteroatoms. The summed E-state index contributed by atoms with van der Waals surface area (Å²) in [6.07, 6.45) is -1.35. The number of hydrogen-bond acceptors (Lipinski definition) is 4. The number of carbonyl (C=O) groups is 2. The van der Waals surface area contributed by atoms with Crippen LogP contribution in [0, 0.1) is 5.82 Å². The van der Waals surface area contributed by atoms with Gasteiger partial charge < -0.3 is 20.6 Å². The monoisotopic (exact) mass is 295 g/mol. The van der Waals surface area contributed by atoms with Gasteiger partial charge in [0.05, 0.1) is 12.2 Å². The van der Waals surface area contributed by atoms with E-state index in [-0.39, 0.29) is 23.7 Å². The van der Waals surface area contributed by atoms with Gasteiger partial charge >= 0.3 is 0 Å². The molecule has 1 aliphatic heterocycles. The van der Waals surface area contributed by atoms with Crippen molar-refractivity contribution in [2.45, 2.75) is 20.0 Å². The Labute approximate surface area is 121 Å². The molecule has 0 saturated carbocycles. The minimum Gasteiger partial charge on any atom is -0.378 e. The number of aliphatic hydroxyl groups excluding tert-OH is 1. The molecule has 0 spiro atoms. The molecular weight excluding hydrogens is 277 g/mol. The van der Waals surface area contributed by atoms with Crippen molar-refractivity contribution in [3.05, 3.63) is 23.5 Å². The van der Waals surface area contributed by atoms with Crippen molar-refractivity contribution in [2.75, 3.05) is 29.9 Å². The summed E-state index contributed by atoms with van der Waals surface area (Å²) in [6.45, 7) is 4.58. The molecule has 1 unspecified atom stereocenters. The predicted molar refractivity (Wildman–Crippen MR) is 76.6 cm³/mol. The lowest BCUT2D eigenvalue weighted by Crippen LogP contribution is -2.37. The van der Waals surface area contributed by atoms with Crippen LogP contribution in [0.4, 0.5) is 15.8 Å². The van der Waals surface area contributed by atoms with Crippen LogP contribution in [0.1, 0.15) is 25.5 Å². The zero-order chi connectivity index (χ0) is 15.6. The highest BCUT2D eigenvalue weighted by Gasteiger charge is 2.30. The van der Waals surface area contributed by atoms with Crippen LogP contribution in [0.25, 0.3) is 0 Å². The minimum absolute atomic E-state index is 0.0244. The molecule has 1 heterocycles. The summed E-state index contributed by atoms with van der Waals surface area (Å²) in [5, 5.41) is 14.8. The number of halogens is 1. The van der Waals surface area contributed by atoms with E-state index in [0.29, 0.717) is 18.8 Å².